The molecule has 9 heteroatoms. The summed E-state index contributed by atoms with van der Waals surface area (Å²) in [6.45, 7) is 7.81. The van der Waals surface area contributed by atoms with E-state index in [0.29, 0.717) is 18.8 Å². The fraction of sp³-hybridized carbons (Fsp3) is 0.737. The molecule has 1 spiro atoms. The van der Waals surface area contributed by atoms with E-state index in [0.717, 1.165) is 65.3 Å². The molecule has 3 fully saturated rings. The molecule has 28 heavy (non-hydrogen) atoms. The first-order chi connectivity index (χ1) is 13.5. The van der Waals surface area contributed by atoms with Crippen LogP contribution in [0.15, 0.2) is 12.4 Å². The third kappa shape index (κ3) is 4.21. The summed E-state index contributed by atoms with van der Waals surface area (Å²) in [5.41, 5.74) is 0.409. The lowest BCUT2D eigenvalue weighted by Gasteiger charge is -2.29. The summed E-state index contributed by atoms with van der Waals surface area (Å²) in [6, 6.07) is 0. The third-order valence-electron chi connectivity index (χ3n) is 6.18. The molecule has 1 atom stereocenters. The zero-order chi connectivity index (χ0) is 19.6. The largest absolute Gasteiger partial charge is 0.379 e. The van der Waals surface area contributed by atoms with Crippen LogP contribution in [-0.4, -0.2) is 102 Å². The van der Waals surface area contributed by atoms with Crippen molar-refractivity contribution in [3.05, 3.63) is 12.4 Å². The second-order valence-corrected chi connectivity index (χ2v) is 8.19. The number of likely N-dealkylation sites (tertiary alicyclic amines) is 2. The molecule has 0 aliphatic carbocycles. The number of hydrogen-bond donors (Lipinski definition) is 1. The van der Waals surface area contributed by atoms with E-state index in [4.69, 9.17) is 4.74 Å². The average molecular weight is 390 g/mol. The monoisotopic (exact) mass is 390 g/mol. The van der Waals surface area contributed by atoms with Gasteiger partial charge >= 0.3 is 0 Å². The van der Waals surface area contributed by atoms with Crippen LogP contribution in [0.25, 0.3) is 0 Å². The van der Waals surface area contributed by atoms with E-state index in [9.17, 15) is 9.59 Å². The second-order valence-electron chi connectivity index (χ2n) is 8.19. The highest BCUT2D eigenvalue weighted by atomic mass is 16.5. The van der Waals surface area contributed by atoms with Gasteiger partial charge in [0.25, 0.3) is 0 Å². The van der Waals surface area contributed by atoms with Gasteiger partial charge in [0.1, 0.15) is 0 Å². The van der Waals surface area contributed by atoms with Crippen molar-refractivity contribution >= 4 is 17.5 Å². The molecule has 3 aliphatic heterocycles. The van der Waals surface area contributed by atoms with Gasteiger partial charge in [0.2, 0.25) is 11.8 Å². The van der Waals surface area contributed by atoms with Crippen LogP contribution in [0.3, 0.4) is 0 Å². The molecule has 4 heterocycles. The summed E-state index contributed by atoms with van der Waals surface area (Å²) in [5.74, 6) is 0.218. The van der Waals surface area contributed by atoms with E-state index in [2.05, 4.69) is 20.2 Å². The van der Waals surface area contributed by atoms with E-state index < -0.39 is 0 Å². The highest BCUT2D eigenvalue weighted by Crippen LogP contribution is 2.40. The number of morpholine rings is 1. The van der Waals surface area contributed by atoms with Gasteiger partial charge in [0.05, 0.1) is 37.1 Å². The molecule has 1 aromatic rings. The Labute approximate surface area is 165 Å². The highest BCUT2D eigenvalue weighted by Gasteiger charge is 2.50. The molecule has 1 N–H and O–H groups in total. The maximum Gasteiger partial charge on any atom is 0.238 e. The Hall–Kier alpha value is -1.97. The second kappa shape index (κ2) is 8.18. The lowest BCUT2D eigenvalue weighted by Crippen LogP contribution is -2.43. The Kier molecular flexibility index (Phi) is 5.65. The summed E-state index contributed by atoms with van der Waals surface area (Å²) in [5, 5.41) is 6.93. The van der Waals surface area contributed by atoms with E-state index in [-0.39, 0.29) is 17.2 Å². The van der Waals surface area contributed by atoms with Gasteiger partial charge in [-0.2, -0.15) is 5.10 Å². The highest BCUT2D eigenvalue weighted by molar-refractivity contribution is 5.92. The Bertz CT molecular complexity index is 716. The van der Waals surface area contributed by atoms with Crippen molar-refractivity contribution in [2.24, 2.45) is 12.5 Å². The van der Waals surface area contributed by atoms with Gasteiger partial charge in [-0.15, -0.1) is 0 Å². The molecule has 3 saturated heterocycles. The van der Waals surface area contributed by atoms with Crippen molar-refractivity contribution in [1.82, 2.24) is 24.5 Å². The van der Waals surface area contributed by atoms with E-state index >= 15 is 0 Å². The van der Waals surface area contributed by atoms with Crippen LogP contribution in [0.2, 0.25) is 0 Å². The van der Waals surface area contributed by atoms with Gasteiger partial charge < -0.3 is 15.0 Å². The normalized spacial score (nSPS) is 26.5. The molecule has 0 bridgehead atoms. The summed E-state index contributed by atoms with van der Waals surface area (Å²) in [7, 11) is 1.82. The molecule has 9 nitrogen and oxygen atoms in total. The van der Waals surface area contributed by atoms with Crippen molar-refractivity contribution in [3.63, 3.8) is 0 Å². The predicted molar refractivity (Wildman–Crippen MR) is 104 cm³/mol. The van der Waals surface area contributed by atoms with Gasteiger partial charge in [-0.1, -0.05) is 0 Å². The van der Waals surface area contributed by atoms with Gasteiger partial charge in [-0.25, -0.2) is 0 Å². The van der Waals surface area contributed by atoms with Crippen molar-refractivity contribution in [2.75, 3.05) is 70.9 Å². The van der Waals surface area contributed by atoms with Crippen molar-refractivity contribution in [1.29, 1.82) is 0 Å². The zero-order valence-electron chi connectivity index (χ0n) is 16.6. The molecule has 0 radical (unpaired) electrons. The molecule has 0 aromatic carbocycles. The lowest BCUT2D eigenvalue weighted by molar-refractivity contribution is -0.136. The first-order valence-corrected chi connectivity index (χ1v) is 10.1. The summed E-state index contributed by atoms with van der Waals surface area (Å²) in [6.07, 6.45) is 5.15. The number of amides is 2. The molecule has 154 valence electrons. The van der Waals surface area contributed by atoms with Crippen molar-refractivity contribution < 1.29 is 14.3 Å². The fourth-order valence-electron chi connectivity index (χ4n) is 4.55. The number of hydrogen-bond acceptors (Lipinski definition) is 6. The van der Waals surface area contributed by atoms with Crippen LogP contribution in [0.5, 0.6) is 0 Å². The van der Waals surface area contributed by atoms with Crippen LogP contribution in [-0.2, 0) is 21.4 Å². The molecule has 0 saturated carbocycles. The lowest BCUT2D eigenvalue weighted by atomic mass is 9.85. The first-order valence-electron chi connectivity index (χ1n) is 10.1. The van der Waals surface area contributed by atoms with E-state index in [1.54, 1.807) is 17.1 Å². The maximum absolute atomic E-state index is 13.1. The number of carbonyl (C=O) groups excluding carboxylic acids is 2. The molecule has 3 aliphatic rings. The van der Waals surface area contributed by atoms with Crippen molar-refractivity contribution in [2.45, 2.75) is 12.8 Å². The molecule has 1 unspecified atom stereocenters. The Morgan fingerprint density at radius 1 is 1.18 bits per heavy atom. The number of nitrogens with one attached hydrogen (secondary N) is 1. The van der Waals surface area contributed by atoms with E-state index in [1.807, 2.05) is 11.9 Å². The number of rotatable bonds is 6. The molecule has 2 amide bonds. The Balaban J connectivity index is 1.25. The zero-order valence-corrected chi connectivity index (χ0v) is 16.6. The molecular weight excluding hydrogens is 360 g/mol. The fourth-order valence-corrected chi connectivity index (χ4v) is 4.55. The van der Waals surface area contributed by atoms with Crippen LogP contribution in [0.4, 0.5) is 5.69 Å². The Morgan fingerprint density at radius 3 is 2.71 bits per heavy atom. The van der Waals surface area contributed by atoms with Gasteiger partial charge in [-0.3, -0.25) is 24.1 Å². The van der Waals surface area contributed by atoms with Crippen LogP contribution in [0.1, 0.15) is 12.8 Å². The standard InChI is InChI=1S/C19H30N6O3/c1-22-13-16(12-20-22)21-17(26)14-24-4-2-19(15-24)3-5-25(18(19)27)7-6-23-8-10-28-11-9-23/h12-13H,2-11,14-15H2,1H3,(H,21,26). The minimum atomic E-state index is -0.292. The number of anilines is 1. The number of aromatic nitrogens is 2. The molecule has 4 rings (SSSR count). The summed E-state index contributed by atoms with van der Waals surface area (Å²) in [4.78, 5) is 31.9. The molecule has 1 aromatic heterocycles. The van der Waals surface area contributed by atoms with Crippen LogP contribution < -0.4 is 5.32 Å². The Morgan fingerprint density at radius 2 is 1.96 bits per heavy atom. The average Bonchev–Trinajstić information content (AvgIpc) is 3.36. The molecular formula is C19H30N6O3. The summed E-state index contributed by atoms with van der Waals surface area (Å²) >= 11 is 0. The first kappa shape index (κ1) is 19.4. The van der Waals surface area contributed by atoms with Crippen molar-refractivity contribution in [3.8, 4) is 0 Å². The van der Waals surface area contributed by atoms with Gasteiger partial charge in [-0.05, 0) is 19.4 Å². The third-order valence-corrected chi connectivity index (χ3v) is 6.18. The van der Waals surface area contributed by atoms with Crippen LogP contribution >= 0.6 is 0 Å². The number of carbonyl (C=O) groups is 2. The maximum atomic E-state index is 13.1. The topological polar surface area (TPSA) is 82.9 Å². The number of ether oxygens (including phenoxy) is 1. The quantitative estimate of drug-likeness (QED) is 0.713. The summed E-state index contributed by atoms with van der Waals surface area (Å²) < 4.78 is 7.04. The predicted octanol–water partition coefficient (Wildman–Crippen LogP) is -0.385. The van der Waals surface area contributed by atoms with Gasteiger partial charge in [0.15, 0.2) is 0 Å². The SMILES string of the molecule is Cn1cc(NC(=O)CN2CCC3(CCN(CCN4CCOCC4)C3=O)C2)cn1. The van der Waals surface area contributed by atoms with Gasteiger partial charge in [0, 0.05) is 52.5 Å². The number of aryl methyl sites for hydroxylation is 1. The van der Waals surface area contributed by atoms with E-state index in [1.165, 1.54) is 0 Å². The van der Waals surface area contributed by atoms with Crippen LogP contribution in [0, 0.1) is 5.41 Å². The number of nitrogens with zero attached hydrogens (tertiary/aromatic N) is 5. The minimum absolute atomic E-state index is 0.0559. The minimum Gasteiger partial charge on any atom is -0.379 e. The smallest absolute Gasteiger partial charge is 0.238 e.